The Morgan fingerprint density at radius 1 is 1.34 bits per heavy atom. The molecule has 1 aliphatic rings. The number of nitrogens with one attached hydrogen (secondary N) is 1. The molecule has 3 N–H and O–H groups in total. The van der Waals surface area contributed by atoms with Gasteiger partial charge in [0.1, 0.15) is 29.8 Å². The summed E-state index contributed by atoms with van der Waals surface area (Å²) in [6.45, 7) is 2.91. The third kappa shape index (κ3) is 4.62. The summed E-state index contributed by atoms with van der Waals surface area (Å²) in [6, 6.07) is 3.57. The standard InChI is InChI=1S/C21H25F2N5O4/c1-4-31-10-15-12(2)32-20(24)28-21(15,11-22)14-7-13(5-6-16(14)23)27-19(29)17-8-26-18(30-3)9-25-17/h5-9,12,15H,4,10-11H2,1-3H3,(H2,24,28)(H,27,29)/t12-,15+,21-/m1/s1. The van der Waals surface area contributed by atoms with Gasteiger partial charge in [0.2, 0.25) is 5.88 Å². The van der Waals surface area contributed by atoms with Crippen molar-refractivity contribution in [2.45, 2.75) is 25.5 Å². The zero-order chi connectivity index (χ0) is 23.3. The lowest BCUT2D eigenvalue weighted by molar-refractivity contribution is -0.0190. The number of anilines is 1. The number of carbonyl (C=O) groups excluding carboxylic acids is 1. The molecule has 172 valence electrons. The van der Waals surface area contributed by atoms with Gasteiger partial charge in [-0.1, -0.05) is 0 Å². The molecule has 0 aliphatic carbocycles. The second kappa shape index (κ2) is 9.86. The van der Waals surface area contributed by atoms with E-state index in [1.54, 1.807) is 13.8 Å². The van der Waals surface area contributed by atoms with Crippen molar-refractivity contribution >= 4 is 17.6 Å². The summed E-state index contributed by atoms with van der Waals surface area (Å²) >= 11 is 0. The van der Waals surface area contributed by atoms with Gasteiger partial charge in [-0.2, -0.15) is 0 Å². The van der Waals surface area contributed by atoms with Crippen LogP contribution in [-0.2, 0) is 15.0 Å². The van der Waals surface area contributed by atoms with Crippen LogP contribution in [0.4, 0.5) is 14.5 Å². The number of carbonyl (C=O) groups is 1. The molecule has 0 radical (unpaired) electrons. The molecule has 2 aromatic rings. The van der Waals surface area contributed by atoms with E-state index in [0.29, 0.717) is 6.61 Å². The van der Waals surface area contributed by atoms with E-state index in [9.17, 15) is 13.6 Å². The summed E-state index contributed by atoms with van der Waals surface area (Å²) in [4.78, 5) is 24.6. The molecule has 0 fully saturated rings. The first-order chi connectivity index (χ1) is 15.3. The van der Waals surface area contributed by atoms with Crippen molar-refractivity contribution in [2.75, 3.05) is 32.3 Å². The number of nitrogens with zero attached hydrogens (tertiary/aromatic N) is 3. The highest BCUT2D eigenvalue weighted by atomic mass is 19.1. The van der Waals surface area contributed by atoms with Gasteiger partial charge in [-0.3, -0.25) is 4.79 Å². The number of hydrogen-bond donors (Lipinski definition) is 2. The van der Waals surface area contributed by atoms with Crippen LogP contribution in [0.25, 0.3) is 0 Å². The molecule has 0 unspecified atom stereocenters. The van der Waals surface area contributed by atoms with Gasteiger partial charge in [-0.05, 0) is 32.0 Å². The predicted octanol–water partition coefficient (Wildman–Crippen LogP) is 2.43. The Morgan fingerprint density at radius 2 is 2.12 bits per heavy atom. The molecule has 1 aromatic heterocycles. The van der Waals surface area contributed by atoms with Crippen LogP contribution >= 0.6 is 0 Å². The SMILES string of the molecule is CCOC[C@H]1[C@@H](C)OC(N)=N[C@]1(CF)c1cc(NC(=O)c2cnc(OC)cn2)ccc1F. The van der Waals surface area contributed by atoms with Crippen molar-refractivity contribution in [1.82, 2.24) is 9.97 Å². The molecule has 11 heteroatoms. The average molecular weight is 449 g/mol. The van der Waals surface area contributed by atoms with E-state index in [2.05, 4.69) is 20.3 Å². The first-order valence-corrected chi connectivity index (χ1v) is 9.97. The molecular weight excluding hydrogens is 424 g/mol. The van der Waals surface area contributed by atoms with Gasteiger partial charge < -0.3 is 25.3 Å². The first-order valence-electron chi connectivity index (χ1n) is 9.97. The Balaban J connectivity index is 1.97. The smallest absolute Gasteiger partial charge is 0.283 e. The maximum Gasteiger partial charge on any atom is 0.283 e. The van der Waals surface area contributed by atoms with E-state index in [4.69, 9.17) is 19.9 Å². The van der Waals surface area contributed by atoms with Crippen molar-refractivity contribution in [1.29, 1.82) is 0 Å². The zero-order valence-electron chi connectivity index (χ0n) is 18.0. The summed E-state index contributed by atoms with van der Waals surface area (Å²) in [6.07, 6.45) is 1.95. The summed E-state index contributed by atoms with van der Waals surface area (Å²) in [7, 11) is 1.43. The minimum atomic E-state index is -1.68. The lowest BCUT2D eigenvalue weighted by Gasteiger charge is -2.42. The maximum absolute atomic E-state index is 15.0. The largest absolute Gasteiger partial charge is 0.480 e. The molecule has 1 aliphatic heterocycles. The topological polar surface area (TPSA) is 121 Å². The quantitative estimate of drug-likeness (QED) is 0.635. The van der Waals surface area contributed by atoms with Crippen LogP contribution in [0.15, 0.2) is 35.6 Å². The number of ether oxygens (including phenoxy) is 3. The fraction of sp³-hybridized carbons (Fsp3) is 0.429. The number of aliphatic imine (C=N–C) groups is 1. The summed E-state index contributed by atoms with van der Waals surface area (Å²) in [5.41, 5.74) is 4.27. The molecule has 0 spiro atoms. The molecular formula is C21H25F2N5O4. The Morgan fingerprint density at radius 3 is 2.75 bits per heavy atom. The summed E-state index contributed by atoms with van der Waals surface area (Å²) in [5.74, 6) is -1.69. The lowest BCUT2D eigenvalue weighted by Crippen LogP contribution is -2.51. The molecule has 32 heavy (non-hydrogen) atoms. The fourth-order valence-electron chi connectivity index (χ4n) is 3.61. The van der Waals surface area contributed by atoms with Crippen LogP contribution < -0.4 is 15.8 Å². The highest BCUT2D eigenvalue weighted by Gasteiger charge is 2.49. The van der Waals surface area contributed by atoms with Gasteiger partial charge >= 0.3 is 0 Å². The normalized spacial score (nSPS) is 22.6. The van der Waals surface area contributed by atoms with E-state index < -0.39 is 36.0 Å². The number of amides is 1. The van der Waals surface area contributed by atoms with E-state index in [-0.39, 0.29) is 35.5 Å². The number of aromatic nitrogens is 2. The monoisotopic (exact) mass is 449 g/mol. The number of hydrogen-bond acceptors (Lipinski definition) is 8. The van der Waals surface area contributed by atoms with Crippen LogP contribution in [0, 0.1) is 11.7 Å². The Kier molecular flexibility index (Phi) is 7.18. The minimum absolute atomic E-state index is 0.0213. The van der Waals surface area contributed by atoms with E-state index >= 15 is 0 Å². The summed E-state index contributed by atoms with van der Waals surface area (Å²) < 4.78 is 45.4. The molecule has 1 aromatic carbocycles. The number of amidine groups is 1. The van der Waals surface area contributed by atoms with Crippen molar-refractivity contribution in [3.8, 4) is 5.88 Å². The van der Waals surface area contributed by atoms with Crippen LogP contribution in [-0.4, -0.2) is 55.0 Å². The molecule has 9 nitrogen and oxygen atoms in total. The van der Waals surface area contributed by atoms with Crippen molar-refractivity contribution in [2.24, 2.45) is 16.6 Å². The third-order valence-corrected chi connectivity index (χ3v) is 5.26. The second-order valence-corrected chi connectivity index (χ2v) is 7.19. The number of benzene rings is 1. The average Bonchev–Trinajstić information content (AvgIpc) is 2.79. The first kappa shape index (κ1) is 23.3. The van der Waals surface area contributed by atoms with Gasteiger partial charge in [-0.15, -0.1) is 0 Å². The highest BCUT2D eigenvalue weighted by molar-refractivity contribution is 6.02. The predicted molar refractivity (Wildman–Crippen MR) is 113 cm³/mol. The molecule has 2 heterocycles. The minimum Gasteiger partial charge on any atom is -0.480 e. The fourth-order valence-corrected chi connectivity index (χ4v) is 3.61. The van der Waals surface area contributed by atoms with Crippen LogP contribution in [0.1, 0.15) is 29.9 Å². The highest BCUT2D eigenvalue weighted by Crippen LogP contribution is 2.42. The Hall–Kier alpha value is -3.34. The Bertz CT molecular complexity index is 989. The zero-order valence-corrected chi connectivity index (χ0v) is 18.0. The molecule has 1 amide bonds. The van der Waals surface area contributed by atoms with Crippen molar-refractivity contribution in [3.05, 3.63) is 47.7 Å². The summed E-state index contributed by atoms with van der Waals surface area (Å²) in [5, 5.41) is 2.61. The lowest BCUT2D eigenvalue weighted by atomic mass is 9.76. The van der Waals surface area contributed by atoms with E-state index in [0.717, 1.165) is 6.07 Å². The number of halogens is 2. The maximum atomic E-state index is 15.0. The number of rotatable bonds is 8. The van der Waals surface area contributed by atoms with Gasteiger partial charge in [0, 0.05) is 17.9 Å². The van der Waals surface area contributed by atoms with Crippen LogP contribution in [0.3, 0.4) is 0 Å². The third-order valence-electron chi connectivity index (χ3n) is 5.26. The second-order valence-electron chi connectivity index (χ2n) is 7.19. The van der Waals surface area contributed by atoms with Crippen LogP contribution in [0.2, 0.25) is 0 Å². The van der Waals surface area contributed by atoms with Gasteiger partial charge in [-0.25, -0.2) is 23.7 Å². The molecule has 0 saturated heterocycles. The van der Waals surface area contributed by atoms with Crippen molar-refractivity contribution < 1.29 is 27.8 Å². The van der Waals surface area contributed by atoms with Gasteiger partial charge in [0.05, 0.1) is 32.0 Å². The molecule has 0 bridgehead atoms. The molecule has 3 atom stereocenters. The number of methoxy groups -OCH3 is 1. The van der Waals surface area contributed by atoms with Gasteiger partial charge in [0.15, 0.2) is 0 Å². The van der Waals surface area contributed by atoms with Crippen LogP contribution in [0.5, 0.6) is 5.88 Å². The van der Waals surface area contributed by atoms with Gasteiger partial charge in [0.25, 0.3) is 11.9 Å². The molecule has 0 saturated carbocycles. The Labute approximate surface area is 184 Å². The number of alkyl halides is 1. The number of nitrogens with two attached hydrogens (primary N) is 1. The van der Waals surface area contributed by atoms with E-state index in [1.807, 2.05) is 0 Å². The molecule has 3 rings (SSSR count). The van der Waals surface area contributed by atoms with E-state index in [1.165, 1.54) is 31.6 Å². The van der Waals surface area contributed by atoms with Crippen molar-refractivity contribution in [3.63, 3.8) is 0 Å².